The summed E-state index contributed by atoms with van der Waals surface area (Å²) in [5.74, 6) is -3.28. The Bertz CT molecular complexity index is 473. The van der Waals surface area contributed by atoms with Gasteiger partial charge in [0.2, 0.25) is 0 Å². The zero-order valence-electron chi connectivity index (χ0n) is 9.98. The number of halogens is 1. The number of anilines is 1. The summed E-state index contributed by atoms with van der Waals surface area (Å²) >= 11 is 0. The van der Waals surface area contributed by atoms with Gasteiger partial charge in [-0.3, -0.25) is 0 Å². The first-order valence-corrected chi connectivity index (χ1v) is 5.35. The number of carbonyl (C=O) groups is 2. The molecule has 0 aliphatic rings. The van der Waals surface area contributed by atoms with E-state index in [2.05, 4.69) is 5.32 Å². The van der Waals surface area contributed by atoms with Gasteiger partial charge in [0.25, 0.3) is 0 Å². The number of hydrogen-bond acceptors (Lipinski definition) is 3. The number of carboxylic acid groups (broad SMARTS) is 2. The molecule has 0 aromatic heterocycles. The first kappa shape index (κ1) is 14.0. The summed E-state index contributed by atoms with van der Waals surface area (Å²) in [7, 11) is 0. The average molecular weight is 255 g/mol. The highest BCUT2D eigenvalue weighted by Crippen LogP contribution is 2.19. The summed E-state index contributed by atoms with van der Waals surface area (Å²) in [6, 6.07) is 2.21. The minimum absolute atomic E-state index is 0.105. The molecule has 1 aromatic rings. The summed E-state index contributed by atoms with van der Waals surface area (Å²) in [5, 5.41) is 20.3. The molecule has 5 nitrogen and oxygen atoms in total. The predicted octanol–water partition coefficient (Wildman–Crippen LogP) is 2.04. The molecule has 0 heterocycles. The van der Waals surface area contributed by atoms with Crippen LogP contribution in [0.15, 0.2) is 18.2 Å². The van der Waals surface area contributed by atoms with E-state index in [0.29, 0.717) is 0 Å². The lowest BCUT2D eigenvalue weighted by atomic mass is 10.0. The fourth-order valence-corrected chi connectivity index (χ4v) is 1.45. The average Bonchev–Trinajstić information content (AvgIpc) is 2.26. The molecule has 18 heavy (non-hydrogen) atoms. The predicted molar refractivity (Wildman–Crippen MR) is 63.2 cm³/mol. The number of aromatic carboxylic acids is 1. The molecule has 0 amide bonds. The molecule has 3 N–H and O–H groups in total. The molecule has 1 atom stereocenters. The summed E-state index contributed by atoms with van der Waals surface area (Å²) < 4.78 is 13.5. The van der Waals surface area contributed by atoms with Crippen LogP contribution in [-0.2, 0) is 4.79 Å². The van der Waals surface area contributed by atoms with E-state index in [1.807, 2.05) is 0 Å². The maximum absolute atomic E-state index is 13.5. The van der Waals surface area contributed by atoms with Gasteiger partial charge in [0, 0.05) is 0 Å². The largest absolute Gasteiger partial charge is 0.480 e. The van der Waals surface area contributed by atoms with Crippen LogP contribution < -0.4 is 5.32 Å². The molecule has 1 unspecified atom stereocenters. The van der Waals surface area contributed by atoms with Crippen molar-refractivity contribution in [3.8, 4) is 0 Å². The molecule has 0 saturated heterocycles. The number of aliphatic carboxylic acids is 1. The third-order valence-corrected chi connectivity index (χ3v) is 2.46. The van der Waals surface area contributed by atoms with E-state index < -0.39 is 23.8 Å². The molecular weight excluding hydrogens is 241 g/mol. The van der Waals surface area contributed by atoms with Crippen LogP contribution >= 0.6 is 0 Å². The van der Waals surface area contributed by atoms with Crippen molar-refractivity contribution in [2.75, 3.05) is 5.32 Å². The second-order valence-corrected chi connectivity index (χ2v) is 4.20. The Morgan fingerprint density at radius 3 is 2.33 bits per heavy atom. The van der Waals surface area contributed by atoms with Crippen LogP contribution in [0.4, 0.5) is 10.1 Å². The third kappa shape index (κ3) is 3.19. The van der Waals surface area contributed by atoms with Crippen molar-refractivity contribution in [3.05, 3.63) is 29.6 Å². The van der Waals surface area contributed by atoms with E-state index in [4.69, 9.17) is 10.2 Å². The Morgan fingerprint density at radius 2 is 1.89 bits per heavy atom. The smallest absolute Gasteiger partial charge is 0.335 e. The highest BCUT2D eigenvalue weighted by Gasteiger charge is 2.22. The van der Waals surface area contributed by atoms with Crippen molar-refractivity contribution < 1.29 is 24.2 Å². The minimum Gasteiger partial charge on any atom is -0.480 e. The van der Waals surface area contributed by atoms with Crippen molar-refractivity contribution in [3.63, 3.8) is 0 Å². The van der Waals surface area contributed by atoms with Gasteiger partial charge in [0.15, 0.2) is 0 Å². The SMILES string of the molecule is CC(C)C(Nc1cc(C(=O)O)ccc1F)C(=O)O. The topological polar surface area (TPSA) is 86.6 Å². The van der Waals surface area contributed by atoms with Crippen LogP contribution in [-0.4, -0.2) is 28.2 Å². The maximum Gasteiger partial charge on any atom is 0.335 e. The molecule has 0 spiro atoms. The highest BCUT2D eigenvalue weighted by atomic mass is 19.1. The fourth-order valence-electron chi connectivity index (χ4n) is 1.45. The van der Waals surface area contributed by atoms with Gasteiger partial charge in [-0.1, -0.05) is 13.8 Å². The van der Waals surface area contributed by atoms with E-state index in [0.717, 1.165) is 18.2 Å². The maximum atomic E-state index is 13.5. The second-order valence-electron chi connectivity index (χ2n) is 4.20. The third-order valence-electron chi connectivity index (χ3n) is 2.46. The summed E-state index contributed by atoms with van der Waals surface area (Å²) in [5.41, 5.74) is -0.234. The lowest BCUT2D eigenvalue weighted by Gasteiger charge is -2.19. The van der Waals surface area contributed by atoms with Gasteiger partial charge in [-0.25, -0.2) is 14.0 Å². The molecular formula is C12H14FNO4. The number of carboxylic acids is 2. The van der Waals surface area contributed by atoms with Crippen molar-refractivity contribution in [2.45, 2.75) is 19.9 Å². The van der Waals surface area contributed by atoms with Gasteiger partial charge in [-0.05, 0) is 24.1 Å². The Labute approximate surface area is 103 Å². The lowest BCUT2D eigenvalue weighted by Crippen LogP contribution is -2.34. The summed E-state index contributed by atoms with van der Waals surface area (Å²) in [4.78, 5) is 21.7. The molecule has 0 fully saturated rings. The van der Waals surface area contributed by atoms with E-state index in [9.17, 15) is 14.0 Å². The highest BCUT2D eigenvalue weighted by molar-refractivity contribution is 5.89. The molecule has 0 aliphatic heterocycles. The van der Waals surface area contributed by atoms with Crippen LogP contribution in [0.1, 0.15) is 24.2 Å². The molecule has 0 aliphatic carbocycles. The minimum atomic E-state index is -1.20. The first-order chi connectivity index (χ1) is 8.32. The Morgan fingerprint density at radius 1 is 1.28 bits per heavy atom. The number of nitrogens with one attached hydrogen (secondary N) is 1. The van der Waals surface area contributed by atoms with E-state index in [1.54, 1.807) is 13.8 Å². The van der Waals surface area contributed by atoms with Crippen LogP contribution in [0.25, 0.3) is 0 Å². The molecule has 6 heteroatoms. The van der Waals surface area contributed by atoms with Crippen molar-refractivity contribution in [1.29, 1.82) is 0 Å². The van der Waals surface area contributed by atoms with Gasteiger partial charge in [-0.15, -0.1) is 0 Å². The zero-order chi connectivity index (χ0) is 13.9. The monoisotopic (exact) mass is 255 g/mol. The standard InChI is InChI=1S/C12H14FNO4/c1-6(2)10(12(17)18)14-9-5-7(11(15)16)3-4-8(9)13/h3-6,10,14H,1-2H3,(H,15,16)(H,17,18). The second kappa shape index (κ2) is 5.48. The van der Waals surface area contributed by atoms with Gasteiger partial charge in [0.05, 0.1) is 11.3 Å². The lowest BCUT2D eigenvalue weighted by molar-refractivity contribution is -0.138. The van der Waals surface area contributed by atoms with Crippen molar-refractivity contribution in [1.82, 2.24) is 0 Å². The molecule has 1 rings (SSSR count). The Hall–Kier alpha value is -2.11. The van der Waals surface area contributed by atoms with Crippen LogP contribution in [0.3, 0.4) is 0 Å². The van der Waals surface area contributed by atoms with Gasteiger partial charge >= 0.3 is 11.9 Å². The summed E-state index contributed by atoms with van der Waals surface area (Å²) in [6.45, 7) is 3.34. The quantitative estimate of drug-likeness (QED) is 0.749. The molecule has 0 bridgehead atoms. The van der Waals surface area contributed by atoms with Crippen molar-refractivity contribution in [2.24, 2.45) is 5.92 Å². The normalized spacial score (nSPS) is 12.2. The number of benzene rings is 1. The van der Waals surface area contributed by atoms with E-state index in [-0.39, 0.29) is 17.2 Å². The van der Waals surface area contributed by atoms with Gasteiger partial charge in [-0.2, -0.15) is 0 Å². The molecule has 0 saturated carbocycles. The Kier molecular flexibility index (Phi) is 4.25. The van der Waals surface area contributed by atoms with E-state index >= 15 is 0 Å². The van der Waals surface area contributed by atoms with Gasteiger partial charge in [0.1, 0.15) is 11.9 Å². The van der Waals surface area contributed by atoms with E-state index in [1.165, 1.54) is 0 Å². The Balaban J connectivity index is 3.05. The fraction of sp³-hybridized carbons (Fsp3) is 0.333. The zero-order valence-corrected chi connectivity index (χ0v) is 9.98. The molecule has 98 valence electrons. The number of rotatable bonds is 5. The van der Waals surface area contributed by atoms with Crippen LogP contribution in [0.2, 0.25) is 0 Å². The van der Waals surface area contributed by atoms with Crippen LogP contribution in [0, 0.1) is 11.7 Å². The van der Waals surface area contributed by atoms with Crippen LogP contribution in [0.5, 0.6) is 0 Å². The van der Waals surface area contributed by atoms with Crippen molar-refractivity contribution >= 4 is 17.6 Å². The first-order valence-electron chi connectivity index (χ1n) is 5.35. The molecule has 1 aromatic carbocycles. The summed E-state index contributed by atoms with van der Waals surface area (Å²) in [6.07, 6.45) is 0. The number of hydrogen-bond donors (Lipinski definition) is 3. The van der Waals surface area contributed by atoms with Gasteiger partial charge < -0.3 is 15.5 Å². The molecule has 0 radical (unpaired) electrons.